The maximum atomic E-state index is 5.93. The van der Waals surface area contributed by atoms with E-state index >= 15 is 0 Å². The van der Waals surface area contributed by atoms with Crippen LogP contribution < -0.4 is 10.5 Å². The summed E-state index contributed by atoms with van der Waals surface area (Å²) in [6, 6.07) is 4.01. The molecule has 94 valence electrons. The first kappa shape index (κ1) is 12.4. The fraction of sp³-hybridized carbons (Fsp3) is 0.643. The van der Waals surface area contributed by atoms with Gasteiger partial charge in [0.25, 0.3) is 0 Å². The van der Waals surface area contributed by atoms with Gasteiger partial charge in [0.15, 0.2) is 0 Å². The van der Waals surface area contributed by atoms with Gasteiger partial charge < -0.3 is 10.5 Å². The van der Waals surface area contributed by atoms with Crippen molar-refractivity contribution in [2.45, 2.75) is 57.6 Å². The van der Waals surface area contributed by atoms with Crippen molar-refractivity contribution in [1.29, 1.82) is 0 Å². The van der Waals surface area contributed by atoms with Gasteiger partial charge in [0.2, 0.25) is 0 Å². The third-order valence-corrected chi connectivity index (χ3v) is 3.43. The average Bonchev–Trinajstić information content (AvgIpc) is 2.40. The molecule has 1 fully saturated rings. The molecule has 17 heavy (non-hydrogen) atoms. The second kappa shape index (κ2) is 6.01. The molecule has 1 saturated carbocycles. The molecule has 1 aromatic heterocycles. The number of nitrogens with zero attached hydrogens (tertiary/aromatic N) is 1. The summed E-state index contributed by atoms with van der Waals surface area (Å²) < 4.78 is 5.92. The Kier molecular flexibility index (Phi) is 4.37. The van der Waals surface area contributed by atoms with Gasteiger partial charge in [0, 0.05) is 6.04 Å². The minimum Gasteiger partial charge on any atom is -0.489 e. The molecule has 0 aromatic carbocycles. The van der Waals surface area contributed by atoms with E-state index in [9.17, 15) is 0 Å². The van der Waals surface area contributed by atoms with Crippen LogP contribution >= 0.6 is 0 Å². The lowest BCUT2D eigenvalue weighted by atomic mass is 9.98. The Balaban J connectivity index is 1.93. The summed E-state index contributed by atoms with van der Waals surface area (Å²) in [6.45, 7) is 2.07. The molecule has 0 radical (unpaired) electrons. The van der Waals surface area contributed by atoms with Gasteiger partial charge >= 0.3 is 0 Å². The van der Waals surface area contributed by atoms with E-state index in [0.717, 1.165) is 17.9 Å². The van der Waals surface area contributed by atoms with Crippen LogP contribution in [0.5, 0.6) is 5.75 Å². The van der Waals surface area contributed by atoms with Crippen LogP contribution in [0.1, 0.15) is 57.2 Å². The molecule has 1 aromatic rings. The third kappa shape index (κ3) is 3.43. The van der Waals surface area contributed by atoms with Gasteiger partial charge in [-0.05, 0) is 44.2 Å². The highest BCUT2D eigenvalue weighted by molar-refractivity contribution is 5.21. The molecule has 1 atom stereocenters. The van der Waals surface area contributed by atoms with E-state index in [1.807, 2.05) is 12.1 Å². The minimum atomic E-state index is 0.0405. The fourth-order valence-electron chi connectivity index (χ4n) is 2.27. The second-order valence-electron chi connectivity index (χ2n) is 4.81. The summed E-state index contributed by atoms with van der Waals surface area (Å²) in [5.74, 6) is 0.879. The standard InChI is InChI=1S/C14H22N2O/c1-2-13(15)14-9-8-12(10-16-14)17-11-6-4-3-5-7-11/h8-11,13H,2-7,15H2,1H3. The normalized spacial score (nSPS) is 18.9. The lowest BCUT2D eigenvalue weighted by Crippen LogP contribution is -2.19. The molecule has 3 nitrogen and oxygen atoms in total. The number of ether oxygens (including phenoxy) is 1. The molecule has 0 bridgehead atoms. The van der Waals surface area contributed by atoms with Crippen molar-refractivity contribution in [3.63, 3.8) is 0 Å². The van der Waals surface area contributed by atoms with Crippen LogP contribution in [0.3, 0.4) is 0 Å². The summed E-state index contributed by atoms with van der Waals surface area (Å²) in [5.41, 5.74) is 6.87. The molecule has 2 rings (SSSR count). The molecule has 1 unspecified atom stereocenters. The van der Waals surface area contributed by atoms with Crippen LogP contribution in [0.2, 0.25) is 0 Å². The molecule has 0 amide bonds. The van der Waals surface area contributed by atoms with E-state index in [0.29, 0.717) is 6.10 Å². The van der Waals surface area contributed by atoms with E-state index in [1.165, 1.54) is 32.1 Å². The van der Waals surface area contributed by atoms with E-state index in [-0.39, 0.29) is 6.04 Å². The predicted molar refractivity (Wildman–Crippen MR) is 69.0 cm³/mol. The summed E-state index contributed by atoms with van der Waals surface area (Å²) in [4.78, 5) is 4.36. The van der Waals surface area contributed by atoms with Gasteiger partial charge in [-0.3, -0.25) is 4.98 Å². The van der Waals surface area contributed by atoms with Crippen molar-refractivity contribution in [1.82, 2.24) is 4.98 Å². The molecule has 1 aliphatic carbocycles. The smallest absolute Gasteiger partial charge is 0.138 e. The minimum absolute atomic E-state index is 0.0405. The van der Waals surface area contributed by atoms with E-state index < -0.39 is 0 Å². The number of rotatable bonds is 4. The maximum absolute atomic E-state index is 5.93. The highest BCUT2D eigenvalue weighted by Crippen LogP contribution is 2.23. The Hall–Kier alpha value is -1.09. The third-order valence-electron chi connectivity index (χ3n) is 3.43. The Morgan fingerprint density at radius 3 is 2.71 bits per heavy atom. The summed E-state index contributed by atoms with van der Waals surface area (Å²) in [6.07, 6.45) is 9.38. The number of nitrogens with two attached hydrogens (primary N) is 1. The van der Waals surface area contributed by atoms with E-state index in [4.69, 9.17) is 10.5 Å². The topological polar surface area (TPSA) is 48.1 Å². The predicted octanol–water partition coefficient (Wildman–Crippen LogP) is 3.20. The first-order valence-corrected chi connectivity index (χ1v) is 6.67. The lowest BCUT2D eigenvalue weighted by Gasteiger charge is -2.22. The van der Waals surface area contributed by atoms with Crippen molar-refractivity contribution >= 4 is 0 Å². The number of hydrogen-bond donors (Lipinski definition) is 1. The summed E-state index contributed by atoms with van der Waals surface area (Å²) in [5, 5.41) is 0. The number of hydrogen-bond acceptors (Lipinski definition) is 3. The molecule has 0 aliphatic heterocycles. The molecule has 0 spiro atoms. The number of pyridine rings is 1. The van der Waals surface area contributed by atoms with Crippen molar-refractivity contribution in [2.24, 2.45) is 5.73 Å². The summed E-state index contributed by atoms with van der Waals surface area (Å²) >= 11 is 0. The summed E-state index contributed by atoms with van der Waals surface area (Å²) in [7, 11) is 0. The second-order valence-corrected chi connectivity index (χ2v) is 4.81. The van der Waals surface area contributed by atoms with Gasteiger partial charge in [0.1, 0.15) is 5.75 Å². The zero-order valence-corrected chi connectivity index (χ0v) is 10.6. The van der Waals surface area contributed by atoms with Gasteiger partial charge in [-0.25, -0.2) is 0 Å². The van der Waals surface area contributed by atoms with Crippen LogP contribution in [-0.4, -0.2) is 11.1 Å². The van der Waals surface area contributed by atoms with E-state index in [2.05, 4.69) is 11.9 Å². The fourth-order valence-corrected chi connectivity index (χ4v) is 2.27. The molecular weight excluding hydrogens is 212 g/mol. The number of aromatic nitrogens is 1. The zero-order chi connectivity index (χ0) is 12.1. The Bertz CT molecular complexity index is 331. The van der Waals surface area contributed by atoms with E-state index in [1.54, 1.807) is 6.20 Å². The lowest BCUT2D eigenvalue weighted by molar-refractivity contribution is 0.154. The van der Waals surface area contributed by atoms with Gasteiger partial charge in [0.05, 0.1) is 18.0 Å². The Morgan fingerprint density at radius 1 is 1.35 bits per heavy atom. The van der Waals surface area contributed by atoms with Gasteiger partial charge in [-0.1, -0.05) is 13.3 Å². The molecular formula is C14H22N2O. The highest BCUT2D eigenvalue weighted by Gasteiger charge is 2.15. The quantitative estimate of drug-likeness (QED) is 0.870. The van der Waals surface area contributed by atoms with Crippen LogP contribution in [0.15, 0.2) is 18.3 Å². The molecule has 1 heterocycles. The Labute approximate surface area is 103 Å². The van der Waals surface area contributed by atoms with Crippen LogP contribution in [-0.2, 0) is 0 Å². The van der Waals surface area contributed by atoms with Crippen LogP contribution in [0.25, 0.3) is 0 Å². The molecule has 1 aliphatic rings. The first-order chi connectivity index (χ1) is 8.29. The largest absolute Gasteiger partial charge is 0.489 e. The monoisotopic (exact) mass is 234 g/mol. The van der Waals surface area contributed by atoms with Crippen LogP contribution in [0.4, 0.5) is 0 Å². The highest BCUT2D eigenvalue weighted by atomic mass is 16.5. The van der Waals surface area contributed by atoms with Crippen molar-refractivity contribution in [3.8, 4) is 5.75 Å². The van der Waals surface area contributed by atoms with Gasteiger partial charge in [-0.15, -0.1) is 0 Å². The van der Waals surface area contributed by atoms with Crippen LogP contribution in [0, 0.1) is 0 Å². The molecule has 0 saturated heterocycles. The SMILES string of the molecule is CCC(N)c1ccc(OC2CCCCC2)cn1. The first-order valence-electron chi connectivity index (χ1n) is 6.67. The van der Waals surface area contributed by atoms with Crippen molar-refractivity contribution < 1.29 is 4.74 Å². The zero-order valence-electron chi connectivity index (χ0n) is 10.6. The van der Waals surface area contributed by atoms with Crippen molar-refractivity contribution in [3.05, 3.63) is 24.0 Å². The molecule has 3 heteroatoms. The Morgan fingerprint density at radius 2 is 2.12 bits per heavy atom. The molecule has 2 N–H and O–H groups in total. The van der Waals surface area contributed by atoms with Gasteiger partial charge in [-0.2, -0.15) is 0 Å². The average molecular weight is 234 g/mol. The maximum Gasteiger partial charge on any atom is 0.138 e. The van der Waals surface area contributed by atoms with Crippen molar-refractivity contribution in [2.75, 3.05) is 0 Å².